The number of ether oxygens (including phenoxy) is 1. The summed E-state index contributed by atoms with van der Waals surface area (Å²) in [4.78, 5) is 12.3. The van der Waals surface area contributed by atoms with Crippen molar-refractivity contribution in [1.29, 1.82) is 0 Å². The summed E-state index contributed by atoms with van der Waals surface area (Å²) >= 11 is 0. The maximum atomic E-state index is 12.3. The fourth-order valence-corrected chi connectivity index (χ4v) is 1.99. The third kappa shape index (κ3) is 3.25. The van der Waals surface area contributed by atoms with Crippen LogP contribution in [0.5, 0.6) is 11.5 Å². The summed E-state index contributed by atoms with van der Waals surface area (Å²) in [5, 5.41) is 12.5. The maximum Gasteiger partial charge on any atom is 0.259 e. The van der Waals surface area contributed by atoms with Crippen LogP contribution in [0.15, 0.2) is 36.4 Å². The summed E-state index contributed by atoms with van der Waals surface area (Å²) in [6.45, 7) is 2.00. The Kier molecular flexibility index (Phi) is 4.33. The minimum absolute atomic E-state index is 0.0231. The van der Waals surface area contributed by atoms with Crippen LogP contribution in [-0.4, -0.2) is 18.1 Å². The van der Waals surface area contributed by atoms with E-state index in [4.69, 9.17) is 10.5 Å². The molecule has 0 aliphatic carbocycles. The Morgan fingerprint density at radius 1 is 1.29 bits per heavy atom. The molecular formula is C16H18N2O3. The quantitative estimate of drug-likeness (QED) is 0.596. The Balaban J connectivity index is 2.30. The average molecular weight is 286 g/mol. The number of aromatic hydroxyl groups is 1. The summed E-state index contributed by atoms with van der Waals surface area (Å²) in [6, 6.07) is 9.92. The molecule has 0 saturated heterocycles. The molecule has 110 valence electrons. The molecule has 5 heteroatoms. The molecular weight excluding hydrogens is 268 g/mol. The largest absolute Gasteiger partial charge is 0.506 e. The second kappa shape index (κ2) is 6.17. The van der Waals surface area contributed by atoms with Crippen molar-refractivity contribution in [3.8, 4) is 11.5 Å². The zero-order valence-electron chi connectivity index (χ0n) is 12.0. The Hall–Kier alpha value is -2.69. The van der Waals surface area contributed by atoms with Crippen molar-refractivity contribution in [3.63, 3.8) is 0 Å². The van der Waals surface area contributed by atoms with Crippen LogP contribution in [0.25, 0.3) is 0 Å². The molecule has 0 radical (unpaired) electrons. The van der Waals surface area contributed by atoms with Gasteiger partial charge < -0.3 is 20.9 Å². The zero-order valence-corrected chi connectivity index (χ0v) is 12.0. The molecule has 0 unspecified atom stereocenters. The smallest absolute Gasteiger partial charge is 0.259 e. The topological polar surface area (TPSA) is 84.6 Å². The van der Waals surface area contributed by atoms with Gasteiger partial charge in [0.1, 0.15) is 11.5 Å². The second-order valence-corrected chi connectivity index (χ2v) is 4.62. The third-order valence-electron chi connectivity index (χ3n) is 3.19. The summed E-state index contributed by atoms with van der Waals surface area (Å²) in [5.41, 5.74) is 7.93. The first-order valence-electron chi connectivity index (χ1n) is 6.62. The summed E-state index contributed by atoms with van der Waals surface area (Å²) in [6.07, 6.45) is 0.814. The number of carbonyl (C=O) groups excluding carboxylic acids is 1. The van der Waals surface area contributed by atoms with E-state index >= 15 is 0 Å². The molecule has 2 aromatic rings. The standard InChI is InChI=1S/C16H18N2O3/c1-3-10-4-7-14(19)13(8-10)18-16(20)12-6-5-11(17)9-15(12)21-2/h4-9,19H,3,17H2,1-2H3,(H,18,20). The van der Waals surface area contributed by atoms with Gasteiger partial charge in [-0.15, -0.1) is 0 Å². The molecule has 2 aromatic carbocycles. The van der Waals surface area contributed by atoms with Gasteiger partial charge in [0.15, 0.2) is 0 Å². The fourth-order valence-electron chi connectivity index (χ4n) is 1.99. The van der Waals surface area contributed by atoms with Crippen LogP contribution in [0.1, 0.15) is 22.8 Å². The molecule has 0 saturated carbocycles. The van der Waals surface area contributed by atoms with Gasteiger partial charge in [-0.1, -0.05) is 13.0 Å². The minimum atomic E-state index is -0.365. The minimum Gasteiger partial charge on any atom is -0.506 e. The molecule has 0 aromatic heterocycles. The number of benzene rings is 2. The number of phenolic OH excluding ortho intramolecular Hbond substituents is 1. The lowest BCUT2D eigenvalue weighted by Crippen LogP contribution is -2.13. The summed E-state index contributed by atoms with van der Waals surface area (Å²) in [7, 11) is 1.47. The molecule has 1 amide bonds. The highest BCUT2D eigenvalue weighted by molar-refractivity contribution is 6.07. The van der Waals surface area contributed by atoms with Crippen LogP contribution in [0, 0.1) is 0 Å². The van der Waals surface area contributed by atoms with Crippen molar-refractivity contribution in [3.05, 3.63) is 47.5 Å². The van der Waals surface area contributed by atoms with Gasteiger partial charge in [0, 0.05) is 11.8 Å². The number of hydrogen-bond acceptors (Lipinski definition) is 4. The number of phenols is 1. The lowest BCUT2D eigenvalue weighted by Gasteiger charge is -2.12. The highest BCUT2D eigenvalue weighted by atomic mass is 16.5. The monoisotopic (exact) mass is 286 g/mol. The SMILES string of the molecule is CCc1ccc(O)c(NC(=O)c2ccc(N)cc2OC)c1. The van der Waals surface area contributed by atoms with E-state index in [1.54, 1.807) is 30.3 Å². The lowest BCUT2D eigenvalue weighted by atomic mass is 10.1. The number of hydrogen-bond donors (Lipinski definition) is 3. The number of amides is 1. The van der Waals surface area contributed by atoms with Gasteiger partial charge in [-0.05, 0) is 36.2 Å². The van der Waals surface area contributed by atoms with Gasteiger partial charge in [0.05, 0.1) is 18.4 Å². The lowest BCUT2D eigenvalue weighted by molar-refractivity contribution is 0.102. The molecule has 0 aliphatic heterocycles. The zero-order chi connectivity index (χ0) is 15.4. The van der Waals surface area contributed by atoms with Crippen LogP contribution >= 0.6 is 0 Å². The predicted molar refractivity (Wildman–Crippen MR) is 82.8 cm³/mol. The van der Waals surface area contributed by atoms with Crippen LogP contribution in [0.3, 0.4) is 0 Å². The Bertz CT molecular complexity index is 669. The number of nitrogens with one attached hydrogen (secondary N) is 1. The molecule has 2 rings (SSSR count). The first kappa shape index (κ1) is 14.7. The van der Waals surface area contributed by atoms with Gasteiger partial charge in [0.2, 0.25) is 0 Å². The van der Waals surface area contributed by atoms with Crippen molar-refractivity contribution in [2.75, 3.05) is 18.2 Å². The Morgan fingerprint density at radius 2 is 2.05 bits per heavy atom. The van der Waals surface area contributed by atoms with Gasteiger partial charge in [-0.2, -0.15) is 0 Å². The van der Waals surface area contributed by atoms with Gasteiger partial charge in [-0.3, -0.25) is 4.79 Å². The molecule has 4 N–H and O–H groups in total. The van der Waals surface area contributed by atoms with Crippen molar-refractivity contribution < 1.29 is 14.6 Å². The number of aryl methyl sites for hydroxylation is 1. The molecule has 0 fully saturated rings. The number of nitrogens with two attached hydrogens (primary N) is 1. The van der Waals surface area contributed by atoms with Gasteiger partial charge in [0.25, 0.3) is 5.91 Å². The van der Waals surface area contributed by atoms with E-state index in [2.05, 4.69) is 5.32 Å². The van der Waals surface area contributed by atoms with Crippen LogP contribution < -0.4 is 15.8 Å². The number of methoxy groups -OCH3 is 1. The van der Waals surface area contributed by atoms with Gasteiger partial charge in [-0.25, -0.2) is 0 Å². The van der Waals surface area contributed by atoms with Crippen LogP contribution in [-0.2, 0) is 6.42 Å². The number of rotatable bonds is 4. The van der Waals surface area contributed by atoms with E-state index in [9.17, 15) is 9.90 Å². The molecule has 0 bridgehead atoms. The first-order valence-corrected chi connectivity index (χ1v) is 6.62. The van der Waals surface area contributed by atoms with E-state index in [0.717, 1.165) is 12.0 Å². The van der Waals surface area contributed by atoms with Crippen molar-refractivity contribution in [1.82, 2.24) is 0 Å². The predicted octanol–water partition coefficient (Wildman–Crippen LogP) is 2.80. The Labute approximate surface area is 123 Å². The molecule has 0 spiro atoms. The molecule has 5 nitrogen and oxygen atoms in total. The van der Waals surface area contributed by atoms with E-state index < -0.39 is 0 Å². The normalized spacial score (nSPS) is 10.2. The summed E-state index contributed by atoms with van der Waals surface area (Å²) in [5.74, 6) is 0.0454. The number of nitrogen functional groups attached to an aromatic ring is 1. The average Bonchev–Trinajstić information content (AvgIpc) is 2.49. The van der Waals surface area contributed by atoms with Crippen molar-refractivity contribution in [2.24, 2.45) is 0 Å². The molecule has 21 heavy (non-hydrogen) atoms. The summed E-state index contributed by atoms with van der Waals surface area (Å²) < 4.78 is 5.16. The van der Waals surface area contributed by atoms with Crippen molar-refractivity contribution in [2.45, 2.75) is 13.3 Å². The van der Waals surface area contributed by atoms with Crippen molar-refractivity contribution >= 4 is 17.3 Å². The van der Waals surface area contributed by atoms with Crippen LogP contribution in [0.4, 0.5) is 11.4 Å². The van der Waals surface area contributed by atoms with E-state index in [0.29, 0.717) is 22.7 Å². The molecule has 0 atom stereocenters. The fraction of sp³-hybridized carbons (Fsp3) is 0.188. The number of carbonyl (C=O) groups is 1. The third-order valence-corrected chi connectivity index (χ3v) is 3.19. The van der Waals surface area contributed by atoms with E-state index in [1.807, 2.05) is 13.0 Å². The first-order chi connectivity index (χ1) is 10.0. The van der Waals surface area contributed by atoms with E-state index in [1.165, 1.54) is 7.11 Å². The molecule has 0 aliphatic rings. The maximum absolute atomic E-state index is 12.3. The van der Waals surface area contributed by atoms with Crippen LogP contribution in [0.2, 0.25) is 0 Å². The Morgan fingerprint density at radius 3 is 2.71 bits per heavy atom. The van der Waals surface area contributed by atoms with Gasteiger partial charge >= 0.3 is 0 Å². The second-order valence-electron chi connectivity index (χ2n) is 4.62. The highest BCUT2D eigenvalue weighted by Gasteiger charge is 2.14. The number of anilines is 2. The molecule has 0 heterocycles. The highest BCUT2D eigenvalue weighted by Crippen LogP contribution is 2.27. The van der Waals surface area contributed by atoms with E-state index in [-0.39, 0.29) is 11.7 Å².